The molecule has 0 aliphatic rings. The summed E-state index contributed by atoms with van der Waals surface area (Å²) in [7, 11) is 3.06. The smallest absolute Gasteiger partial charge is 0.262 e. The third-order valence-electron chi connectivity index (χ3n) is 4.21. The van der Waals surface area contributed by atoms with Crippen LogP contribution in [0.5, 0.6) is 11.5 Å². The number of allylic oxidation sites excluding steroid dienone is 1. The van der Waals surface area contributed by atoms with Crippen molar-refractivity contribution in [3.8, 4) is 11.5 Å². The number of nitrogens with one attached hydrogen (secondary N) is 2. The summed E-state index contributed by atoms with van der Waals surface area (Å²) >= 11 is 5.24. The summed E-state index contributed by atoms with van der Waals surface area (Å²) in [6, 6.07) is 9.88. The van der Waals surface area contributed by atoms with Gasteiger partial charge in [-0.1, -0.05) is 6.08 Å². The van der Waals surface area contributed by atoms with Gasteiger partial charge in [-0.15, -0.1) is 6.58 Å². The lowest BCUT2D eigenvalue weighted by Crippen LogP contribution is -2.22. The second kappa shape index (κ2) is 8.10. The van der Waals surface area contributed by atoms with Gasteiger partial charge in [-0.25, -0.2) is 0 Å². The van der Waals surface area contributed by atoms with Crippen LogP contribution in [0.3, 0.4) is 0 Å². The highest BCUT2D eigenvalue weighted by atomic mass is 32.1. The van der Waals surface area contributed by atoms with Crippen molar-refractivity contribution < 1.29 is 14.3 Å². The first-order valence-corrected chi connectivity index (χ1v) is 8.80. The average Bonchev–Trinajstić information content (AvgIpc) is 2.70. The van der Waals surface area contributed by atoms with Crippen LogP contribution in [-0.2, 0) is 6.54 Å². The highest BCUT2D eigenvalue weighted by molar-refractivity contribution is 7.71. The van der Waals surface area contributed by atoms with Gasteiger partial charge in [0.05, 0.1) is 30.8 Å². The molecule has 0 unspecified atom stereocenters. The van der Waals surface area contributed by atoms with Gasteiger partial charge in [0, 0.05) is 18.2 Å². The highest BCUT2D eigenvalue weighted by Gasteiger charge is 2.13. The van der Waals surface area contributed by atoms with Crippen molar-refractivity contribution in [1.82, 2.24) is 9.55 Å². The fraction of sp³-hybridized carbons (Fsp3) is 0.150. The molecule has 0 saturated heterocycles. The van der Waals surface area contributed by atoms with Crippen LogP contribution in [0.4, 0.5) is 5.69 Å². The molecule has 3 rings (SSSR count). The number of carbonyl (C=O) groups excluding carboxylic acids is 1. The van der Waals surface area contributed by atoms with Crippen molar-refractivity contribution in [2.45, 2.75) is 6.54 Å². The summed E-state index contributed by atoms with van der Waals surface area (Å²) in [5.74, 6) is 0.728. The number of amides is 1. The second-order valence-corrected chi connectivity index (χ2v) is 6.30. The molecule has 28 heavy (non-hydrogen) atoms. The van der Waals surface area contributed by atoms with Crippen LogP contribution in [0, 0.1) is 4.77 Å². The lowest BCUT2D eigenvalue weighted by atomic mass is 10.1. The fourth-order valence-electron chi connectivity index (χ4n) is 2.80. The molecule has 0 fully saturated rings. The minimum Gasteiger partial charge on any atom is -0.497 e. The number of ether oxygens (including phenoxy) is 2. The number of rotatable bonds is 6. The molecule has 0 aliphatic carbocycles. The van der Waals surface area contributed by atoms with Gasteiger partial charge >= 0.3 is 0 Å². The Morgan fingerprint density at radius 3 is 2.71 bits per heavy atom. The van der Waals surface area contributed by atoms with E-state index in [1.165, 1.54) is 18.8 Å². The third kappa shape index (κ3) is 3.67. The van der Waals surface area contributed by atoms with E-state index >= 15 is 0 Å². The van der Waals surface area contributed by atoms with E-state index in [0.717, 1.165) is 0 Å². The van der Waals surface area contributed by atoms with Crippen molar-refractivity contribution in [3.63, 3.8) is 0 Å². The van der Waals surface area contributed by atoms with Crippen molar-refractivity contribution in [2.24, 2.45) is 0 Å². The molecule has 0 spiro atoms. The largest absolute Gasteiger partial charge is 0.497 e. The van der Waals surface area contributed by atoms with E-state index in [2.05, 4.69) is 16.9 Å². The van der Waals surface area contributed by atoms with Crippen LogP contribution in [0.25, 0.3) is 10.9 Å². The predicted molar refractivity (Wildman–Crippen MR) is 111 cm³/mol. The van der Waals surface area contributed by atoms with Gasteiger partial charge in [-0.2, -0.15) is 0 Å². The number of methoxy groups -OCH3 is 2. The number of hydrogen-bond acceptors (Lipinski definition) is 5. The van der Waals surface area contributed by atoms with Crippen LogP contribution < -0.4 is 20.3 Å². The molecule has 144 valence electrons. The van der Waals surface area contributed by atoms with Crippen LogP contribution in [0.1, 0.15) is 10.4 Å². The molecule has 8 heteroatoms. The maximum absolute atomic E-state index is 12.7. The quantitative estimate of drug-likeness (QED) is 0.491. The maximum Gasteiger partial charge on any atom is 0.262 e. The number of aromatic amines is 1. The van der Waals surface area contributed by atoms with Gasteiger partial charge in [0.15, 0.2) is 4.77 Å². The lowest BCUT2D eigenvalue weighted by molar-refractivity contribution is 0.102. The van der Waals surface area contributed by atoms with Gasteiger partial charge in [0.1, 0.15) is 11.5 Å². The number of aromatic nitrogens is 2. The topological polar surface area (TPSA) is 85.3 Å². The first-order chi connectivity index (χ1) is 13.5. The van der Waals surface area contributed by atoms with Crippen LogP contribution in [0.2, 0.25) is 0 Å². The molecule has 7 nitrogen and oxygen atoms in total. The van der Waals surface area contributed by atoms with Crippen LogP contribution in [-0.4, -0.2) is 29.7 Å². The highest BCUT2D eigenvalue weighted by Crippen LogP contribution is 2.29. The summed E-state index contributed by atoms with van der Waals surface area (Å²) < 4.78 is 12.1. The van der Waals surface area contributed by atoms with E-state index in [0.29, 0.717) is 40.2 Å². The normalized spacial score (nSPS) is 10.5. The third-order valence-corrected chi connectivity index (χ3v) is 4.53. The summed E-state index contributed by atoms with van der Waals surface area (Å²) in [5, 5.41) is 3.23. The van der Waals surface area contributed by atoms with Crippen LogP contribution >= 0.6 is 12.2 Å². The second-order valence-electron chi connectivity index (χ2n) is 5.92. The van der Waals surface area contributed by atoms with E-state index in [1.807, 2.05) is 0 Å². The Labute approximate surface area is 166 Å². The number of nitrogens with zero attached hydrogens (tertiary/aromatic N) is 1. The molecule has 1 heterocycles. The Bertz CT molecular complexity index is 1180. The minimum absolute atomic E-state index is 0.236. The standard InChI is InChI=1S/C20H19N3O4S/c1-4-9-23-19(25)14-7-5-12(10-15(14)22-20(23)28)18(24)21-16-11-13(26-2)6-8-17(16)27-3/h4-8,10-11H,1,9H2,2-3H3,(H,21,24)(H,22,28). The molecular formula is C20H19N3O4S. The number of hydrogen-bond donors (Lipinski definition) is 2. The lowest BCUT2D eigenvalue weighted by Gasteiger charge is -2.12. The van der Waals surface area contributed by atoms with E-state index < -0.39 is 0 Å². The van der Waals surface area contributed by atoms with Gasteiger partial charge in [0.25, 0.3) is 11.5 Å². The Morgan fingerprint density at radius 1 is 1.25 bits per heavy atom. The maximum atomic E-state index is 12.7. The Kier molecular flexibility index (Phi) is 5.60. The van der Waals surface area contributed by atoms with Gasteiger partial charge in [0.2, 0.25) is 0 Å². The summed E-state index contributed by atoms with van der Waals surface area (Å²) in [6.07, 6.45) is 1.60. The number of anilines is 1. The molecule has 3 aromatic rings. The van der Waals surface area contributed by atoms with E-state index in [1.54, 1.807) is 42.5 Å². The fourth-order valence-corrected chi connectivity index (χ4v) is 3.06. The zero-order valence-corrected chi connectivity index (χ0v) is 16.3. The van der Waals surface area contributed by atoms with Crippen molar-refractivity contribution >= 4 is 34.7 Å². The molecule has 1 amide bonds. The Balaban J connectivity index is 1.99. The Hall–Kier alpha value is -3.39. The van der Waals surface area contributed by atoms with Gasteiger partial charge < -0.3 is 19.8 Å². The van der Waals surface area contributed by atoms with Crippen LogP contribution in [0.15, 0.2) is 53.8 Å². The minimum atomic E-state index is -0.358. The number of fused-ring (bicyclic) bond motifs is 1. The predicted octanol–water partition coefficient (Wildman–Crippen LogP) is 3.51. The molecule has 0 atom stereocenters. The number of carbonyl (C=O) groups is 1. The SMILES string of the molecule is C=CCn1c(=S)[nH]c2cc(C(=O)Nc3cc(OC)ccc3OC)ccc2c1=O. The van der Waals surface area contributed by atoms with E-state index in [9.17, 15) is 9.59 Å². The average molecular weight is 397 g/mol. The number of H-pyrrole nitrogens is 1. The zero-order chi connectivity index (χ0) is 20.3. The molecule has 0 saturated carbocycles. The molecule has 1 aromatic heterocycles. The zero-order valence-electron chi connectivity index (χ0n) is 15.4. The molecule has 0 radical (unpaired) electrons. The van der Waals surface area contributed by atoms with E-state index in [4.69, 9.17) is 21.7 Å². The molecule has 0 bridgehead atoms. The number of benzene rings is 2. The summed E-state index contributed by atoms with van der Waals surface area (Å²) in [4.78, 5) is 28.3. The molecule has 2 aromatic carbocycles. The first kappa shape index (κ1) is 19.4. The van der Waals surface area contributed by atoms with Crippen molar-refractivity contribution in [1.29, 1.82) is 0 Å². The van der Waals surface area contributed by atoms with Crippen molar-refractivity contribution in [3.05, 3.63) is 69.7 Å². The van der Waals surface area contributed by atoms with Gasteiger partial charge in [-0.3, -0.25) is 14.2 Å². The van der Waals surface area contributed by atoms with Gasteiger partial charge in [-0.05, 0) is 42.5 Å². The monoisotopic (exact) mass is 397 g/mol. The first-order valence-electron chi connectivity index (χ1n) is 8.39. The Morgan fingerprint density at radius 2 is 2.04 bits per heavy atom. The van der Waals surface area contributed by atoms with Crippen molar-refractivity contribution in [2.75, 3.05) is 19.5 Å². The molecule has 2 N–H and O–H groups in total. The molecular weight excluding hydrogens is 378 g/mol. The summed E-state index contributed by atoms with van der Waals surface area (Å²) in [5.41, 5.74) is 1.09. The summed E-state index contributed by atoms with van der Waals surface area (Å²) in [6.45, 7) is 3.94. The van der Waals surface area contributed by atoms with E-state index in [-0.39, 0.29) is 16.2 Å². The molecule has 0 aliphatic heterocycles.